The zero-order valence-electron chi connectivity index (χ0n) is 19.2. The van der Waals surface area contributed by atoms with E-state index in [1.165, 1.54) is 0 Å². The maximum Gasteiger partial charge on any atom is 0.290 e. The summed E-state index contributed by atoms with van der Waals surface area (Å²) in [5, 5.41) is 31.5. The molecule has 6 atom stereocenters. The van der Waals surface area contributed by atoms with Crippen LogP contribution in [0.5, 0.6) is 5.88 Å². The standard InChI is InChI=1S/C22H33N3O5.CH2O2/c1-13-19(22(28)24-15-4-7-30-8-5-15)16-11-25(12-17(16)21(27)20(13)26)10-14-3-6-23-18(9-14)29-2;2-1-3/h3,6,9,13,15-17,19-21,26-27H,4-5,7-8,10-12H2,1-2H3,(H,24,28);1H,(H,2,3)/t13-,16+,17+,19+,20+,21+;/m1./s1. The number of likely N-dealkylation sites (tertiary alicyclic amines) is 1. The zero-order chi connectivity index (χ0) is 24.0. The molecule has 10 heteroatoms. The van der Waals surface area contributed by atoms with E-state index < -0.39 is 12.2 Å². The van der Waals surface area contributed by atoms with E-state index in [1.54, 1.807) is 13.3 Å². The van der Waals surface area contributed by atoms with Gasteiger partial charge in [-0.05, 0) is 36.3 Å². The van der Waals surface area contributed by atoms with Crippen molar-refractivity contribution in [2.75, 3.05) is 33.4 Å². The first-order valence-electron chi connectivity index (χ1n) is 11.4. The number of ether oxygens (including phenoxy) is 2. The lowest BCUT2D eigenvalue weighted by molar-refractivity contribution is -0.147. The molecule has 0 unspecified atom stereocenters. The maximum absolute atomic E-state index is 13.2. The quantitative estimate of drug-likeness (QED) is 0.446. The second-order valence-corrected chi connectivity index (χ2v) is 9.09. The number of fused-ring (bicyclic) bond motifs is 1. The largest absolute Gasteiger partial charge is 0.483 e. The number of nitrogens with one attached hydrogen (secondary N) is 1. The highest BCUT2D eigenvalue weighted by molar-refractivity contribution is 5.80. The summed E-state index contributed by atoms with van der Waals surface area (Å²) in [6, 6.07) is 3.99. The molecule has 3 fully saturated rings. The Bertz CT molecular complexity index is 789. The smallest absolute Gasteiger partial charge is 0.290 e. The van der Waals surface area contributed by atoms with Gasteiger partial charge >= 0.3 is 0 Å². The van der Waals surface area contributed by atoms with Crippen molar-refractivity contribution in [2.45, 2.75) is 44.6 Å². The van der Waals surface area contributed by atoms with Gasteiger partial charge in [-0.25, -0.2) is 4.98 Å². The Morgan fingerprint density at radius 2 is 1.94 bits per heavy atom. The van der Waals surface area contributed by atoms with Gasteiger partial charge in [-0.3, -0.25) is 14.5 Å². The number of carbonyl (C=O) groups is 2. The molecule has 3 heterocycles. The van der Waals surface area contributed by atoms with Crippen molar-refractivity contribution in [3.05, 3.63) is 23.9 Å². The van der Waals surface area contributed by atoms with Gasteiger partial charge in [0.25, 0.3) is 6.47 Å². The molecule has 33 heavy (non-hydrogen) atoms. The van der Waals surface area contributed by atoms with Gasteiger partial charge in [0.15, 0.2) is 0 Å². The molecule has 10 nitrogen and oxygen atoms in total. The SMILES string of the molecule is COc1cc(CN2C[C@@H]3[C@H](O)[C@@H](O)[C@H](C)[C@H](C(=O)NC4CCOCC4)[C@H]3C2)ccn1.O=CO. The van der Waals surface area contributed by atoms with Crippen LogP contribution in [0, 0.1) is 23.7 Å². The highest BCUT2D eigenvalue weighted by Gasteiger charge is 2.54. The highest BCUT2D eigenvalue weighted by atomic mass is 16.5. The first-order chi connectivity index (χ1) is 15.9. The Morgan fingerprint density at radius 1 is 1.27 bits per heavy atom. The summed E-state index contributed by atoms with van der Waals surface area (Å²) in [6.07, 6.45) is 1.67. The van der Waals surface area contributed by atoms with E-state index in [0.717, 1.165) is 24.9 Å². The molecule has 0 bridgehead atoms. The molecule has 0 radical (unpaired) electrons. The lowest BCUT2D eigenvalue weighted by Gasteiger charge is -2.43. The molecule has 184 valence electrons. The minimum atomic E-state index is -0.891. The molecule has 1 aliphatic carbocycles. The highest BCUT2D eigenvalue weighted by Crippen LogP contribution is 2.44. The minimum Gasteiger partial charge on any atom is -0.483 e. The Kier molecular flexibility index (Phi) is 9.02. The van der Waals surface area contributed by atoms with Crippen LogP contribution in [0.4, 0.5) is 0 Å². The number of hydrogen-bond donors (Lipinski definition) is 4. The van der Waals surface area contributed by atoms with E-state index in [-0.39, 0.29) is 42.1 Å². The monoisotopic (exact) mass is 465 g/mol. The zero-order valence-corrected chi connectivity index (χ0v) is 19.2. The van der Waals surface area contributed by atoms with Crippen LogP contribution in [-0.2, 0) is 20.9 Å². The Morgan fingerprint density at radius 3 is 2.61 bits per heavy atom. The van der Waals surface area contributed by atoms with Crippen molar-refractivity contribution in [1.82, 2.24) is 15.2 Å². The summed E-state index contributed by atoms with van der Waals surface area (Å²) in [7, 11) is 1.59. The number of hydrogen-bond acceptors (Lipinski definition) is 8. The molecular weight excluding hydrogens is 430 g/mol. The van der Waals surface area contributed by atoms with Crippen molar-refractivity contribution in [1.29, 1.82) is 0 Å². The van der Waals surface area contributed by atoms with Gasteiger partial charge in [0.2, 0.25) is 11.8 Å². The van der Waals surface area contributed by atoms with Crippen LogP contribution in [-0.4, -0.2) is 89.2 Å². The average molecular weight is 466 g/mol. The summed E-state index contributed by atoms with van der Waals surface area (Å²) >= 11 is 0. The molecule has 1 aromatic rings. The normalized spacial score (nSPS) is 32.2. The van der Waals surface area contributed by atoms with Crippen molar-refractivity contribution in [2.24, 2.45) is 23.7 Å². The topological polar surface area (TPSA) is 141 Å². The number of carboxylic acid groups (broad SMARTS) is 1. The van der Waals surface area contributed by atoms with Gasteiger partial charge in [0.1, 0.15) is 0 Å². The van der Waals surface area contributed by atoms with Gasteiger partial charge in [0.05, 0.1) is 19.3 Å². The fourth-order valence-corrected chi connectivity index (χ4v) is 5.47. The number of rotatable bonds is 5. The van der Waals surface area contributed by atoms with E-state index in [9.17, 15) is 15.0 Å². The van der Waals surface area contributed by atoms with Crippen molar-refractivity contribution in [3.8, 4) is 5.88 Å². The van der Waals surface area contributed by atoms with E-state index in [2.05, 4.69) is 15.2 Å². The van der Waals surface area contributed by atoms with Crippen molar-refractivity contribution < 1.29 is 34.4 Å². The molecule has 3 aliphatic rings. The van der Waals surface area contributed by atoms with E-state index in [0.29, 0.717) is 32.2 Å². The molecule has 1 saturated carbocycles. The van der Waals surface area contributed by atoms with E-state index in [4.69, 9.17) is 19.4 Å². The van der Waals surface area contributed by atoms with Crippen LogP contribution < -0.4 is 10.1 Å². The van der Waals surface area contributed by atoms with Gasteiger partial charge in [-0.2, -0.15) is 0 Å². The molecule has 1 amide bonds. The lowest BCUT2D eigenvalue weighted by atomic mass is 9.65. The average Bonchev–Trinajstić information content (AvgIpc) is 3.22. The van der Waals surface area contributed by atoms with Crippen molar-refractivity contribution >= 4 is 12.4 Å². The third-order valence-electron chi connectivity index (χ3n) is 7.13. The summed E-state index contributed by atoms with van der Waals surface area (Å²) in [5.41, 5.74) is 1.08. The number of aliphatic hydroxyl groups is 2. The molecule has 2 aliphatic heterocycles. The fourth-order valence-electron chi connectivity index (χ4n) is 5.47. The minimum absolute atomic E-state index is 0.00257. The predicted octanol–water partition coefficient (Wildman–Crippen LogP) is 0.122. The van der Waals surface area contributed by atoms with Crippen LogP contribution in [0.1, 0.15) is 25.3 Å². The molecule has 0 spiro atoms. The van der Waals surface area contributed by atoms with E-state index in [1.807, 2.05) is 19.1 Å². The van der Waals surface area contributed by atoms with Gasteiger partial charge in [0, 0.05) is 63.0 Å². The first kappa shape index (κ1) is 25.4. The van der Waals surface area contributed by atoms with Gasteiger partial charge < -0.3 is 30.1 Å². The Labute approximate surface area is 193 Å². The molecule has 2 saturated heterocycles. The maximum atomic E-state index is 13.2. The molecular formula is C23H35N3O7. The number of amides is 1. The van der Waals surface area contributed by atoms with Crippen LogP contribution in [0.3, 0.4) is 0 Å². The molecule has 4 N–H and O–H groups in total. The van der Waals surface area contributed by atoms with Crippen molar-refractivity contribution in [3.63, 3.8) is 0 Å². The van der Waals surface area contributed by atoms with E-state index >= 15 is 0 Å². The summed E-state index contributed by atoms with van der Waals surface area (Å²) in [6.45, 7) is 5.03. The fraction of sp³-hybridized carbons (Fsp3) is 0.696. The number of carbonyl (C=O) groups excluding carboxylic acids is 1. The lowest BCUT2D eigenvalue weighted by Crippen LogP contribution is -2.56. The summed E-state index contributed by atoms with van der Waals surface area (Å²) < 4.78 is 10.6. The summed E-state index contributed by atoms with van der Waals surface area (Å²) in [5.74, 6) is -0.132. The first-order valence-corrected chi connectivity index (χ1v) is 11.4. The number of methoxy groups -OCH3 is 1. The number of nitrogens with zero attached hydrogens (tertiary/aromatic N) is 2. The Hall–Kier alpha value is -2.27. The third kappa shape index (κ3) is 6.00. The van der Waals surface area contributed by atoms with Gasteiger partial charge in [-0.1, -0.05) is 6.92 Å². The molecule has 0 aromatic carbocycles. The predicted molar refractivity (Wildman–Crippen MR) is 118 cm³/mol. The molecule has 4 rings (SSSR count). The number of aliphatic hydroxyl groups excluding tert-OH is 2. The number of pyridine rings is 1. The van der Waals surface area contributed by atoms with Crippen LogP contribution >= 0.6 is 0 Å². The summed E-state index contributed by atoms with van der Waals surface area (Å²) in [4.78, 5) is 28.0. The second kappa shape index (κ2) is 11.7. The second-order valence-electron chi connectivity index (χ2n) is 9.09. The van der Waals surface area contributed by atoms with Gasteiger partial charge in [-0.15, -0.1) is 0 Å². The third-order valence-corrected chi connectivity index (χ3v) is 7.13. The van der Waals surface area contributed by atoms with Crippen LogP contribution in [0.15, 0.2) is 18.3 Å². The number of aromatic nitrogens is 1. The van der Waals surface area contributed by atoms with Crippen LogP contribution in [0.25, 0.3) is 0 Å². The van der Waals surface area contributed by atoms with Crippen LogP contribution in [0.2, 0.25) is 0 Å². The Balaban J connectivity index is 0.000000968. The molecule has 1 aromatic heterocycles.